The number of ether oxygens (including phenoxy) is 6. The van der Waals surface area contributed by atoms with Crippen molar-refractivity contribution in [3.8, 4) is 12.3 Å². The second-order valence-electron chi connectivity index (χ2n) is 15.0. The van der Waals surface area contributed by atoms with Gasteiger partial charge >= 0.3 is 7.60 Å². The van der Waals surface area contributed by atoms with Crippen LogP contribution in [0.15, 0.2) is 11.4 Å². The molecule has 4 aliphatic rings. The molecule has 58 heavy (non-hydrogen) atoms. The van der Waals surface area contributed by atoms with Crippen LogP contribution in [-0.4, -0.2) is 173 Å². The summed E-state index contributed by atoms with van der Waals surface area (Å²) in [5.41, 5.74) is 1.15. The number of halogens is 1. The monoisotopic (exact) mass is 857 g/mol. The van der Waals surface area contributed by atoms with Crippen molar-refractivity contribution in [2.24, 2.45) is 16.5 Å². The number of nitrogens with zero attached hydrogens (tertiary/aromatic N) is 7. The van der Waals surface area contributed by atoms with Crippen LogP contribution in [0.2, 0.25) is 5.28 Å². The molecule has 6 rings (SSSR count). The molecule has 4 fully saturated rings. The molecule has 0 radical (unpaired) electrons. The molecule has 4 N–H and O–H groups in total. The standard InChI is InChI=1S/C36H53ClN7O13P/c1-2-8-51-9-10-52-11-12-53-13-14-54-15-16-56-41-26-5-4-25(17-26)18-29(45)42-7-3-6-36(21-42)22-43(23-36)32-27-19-38-44(33(27)40-35(37)39-32)34-31(47)30(46)28(57-34)20-55-24-58(48,49)50/h1,19,25,28,30-31,34,46-47H,3-18,20-24H2,(H2,48,49,50)/b41-26+/t25?,28-,30-,31-,34-/m1/s1. The number of terminal acetylenes is 1. The highest BCUT2D eigenvalue weighted by Gasteiger charge is 2.49. The molecule has 1 unspecified atom stereocenters. The first-order valence-electron chi connectivity index (χ1n) is 19.4. The number of hydrogen-bond acceptors (Lipinski definition) is 16. The second kappa shape index (κ2) is 21.0. The lowest BCUT2D eigenvalue weighted by molar-refractivity contribution is -0.136. The molecule has 20 nitrogen and oxygen atoms in total. The number of anilines is 1. The number of oxime groups is 1. The van der Waals surface area contributed by atoms with Crippen LogP contribution in [0, 0.1) is 23.7 Å². The average Bonchev–Trinajstić information content (AvgIpc) is 3.88. The number of aliphatic hydroxyl groups is 2. The van der Waals surface area contributed by atoms with Crippen molar-refractivity contribution >= 4 is 47.7 Å². The average molecular weight is 858 g/mol. The van der Waals surface area contributed by atoms with Crippen molar-refractivity contribution < 1.29 is 62.6 Å². The maximum Gasteiger partial charge on any atom is 0.350 e. The normalized spacial score (nSPS) is 25.2. The van der Waals surface area contributed by atoms with E-state index in [1.165, 1.54) is 4.68 Å². The minimum absolute atomic E-state index is 0.0438. The van der Waals surface area contributed by atoms with Gasteiger partial charge in [-0.05, 0) is 49.6 Å². The first kappa shape index (κ1) is 44.5. The van der Waals surface area contributed by atoms with Crippen LogP contribution in [0.3, 0.4) is 0 Å². The molecule has 1 spiro atoms. The van der Waals surface area contributed by atoms with Crippen LogP contribution in [-0.2, 0) is 42.6 Å². The first-order valence-corrected chi connectivity index (χ1v) is 21.6. The largest absolute Gasteiger partial charge is 0.393 e. The number of rotatable bonds is 22. The Bertz CT molecular complexity index is 1790. The van der Waals surface area contributed by atoms with Crippen LogP contribution in [0.4, 0.5) is 5.82 Å². The van der Waals surface area contributed by atoms with Gasteiger partial charge in [-0.2, -0.15) is 15.1 Å². The predicted octanol–water partition coefficient (Wildman–Crippen LogP) is 0.942. The summed E-state index contributed by atoms with van der Waals surface area (Å²) in [6.45, 7) is 6.08. The van der Waals surface area contributed by atoms with E-state index in [0.717, 1.165) is 44.4 Å². The van der Waals surface area contributed by atoms with Crippen molar-refractivity contribution in [2.45, 2.75) is 63.1 Å². The number of likely N-dealkylation sites (tertiary alicyclic amines) is 1. The Morgan fingerprint density at radius 1 is 1.02 bits per heavy atom. The summed E-state index contributed by atoms with van der Waals surface area (Å²) in [6, 6.07) is 0. The molecular formula is C36H53ClN7O13P. The Labute approximate surface area is 341 Å². The van der Waals surface area contributed by atoms with Gasteiger partial charge < -0.3 is 63.1 Å². The molecule has 0 aromatic carbocycles. The summed E-state index contributed by atoms with van der Waals surface area (Å²) in [7, 11) is -4.43. The fourth-order valence-electron chi connectivity index (χ4n) is 7.83. The lowest BCUT2D eigenvalue weighted by atomic mass is 9.73. The van der Waals surface area contributed by atoms with Crippen LogP contribution in [0.25, 0.3) is 11.0 Å². The number of hydrogen-bond donors (Lipinski definition) is 4. The minimum Gasteiger partial charge on any atom is -0.393 e. The van der Waals surface area contributed by atoms with Crippen LogP contribution in [0.1, 0.15) is 44.8 Å². The smallest absolute Gasteiger partial charge is 0.350 e. The molecule has 1 aliphatic carbocycles. The number of carbonyl (C=O) groups excluding carboxylic acids is 1. The summed E-state index contributed by atoms with van der Waals surface area (Å²) >= 11 is 6.39. The Morgan fingerprint density at radius 3 is 2.43 bits per heavy atom. The summed E-state index contributed by atoms with van der Waals surface area (Å²) in [4.78, 5) is 50.0. The van der Waals surface area contributed by atoms with Gasteiger partial charge in [0.05, 0.1) is 70.1 Å². The molecule has 5 atom stereocenters. The van der Waals surface area contributed by atoms with E-state index in [9.17, 15) is 19.6 Å². The summed E-state index contributed by atoms with van der Waals surface area (Å²) in [5.74, 6) is 3.32. The van der Waals surface area contributed by atoms with Gasteiger partial charge in [-0.3, -0.25) is 9.36 Å². The molecule has 22 heteroatoms. The number of fused-ring (bicyclic) bond motifs is 1. The van der Waals surface area contributed by atoms with E-state index in [1.807, 2.05) is 4.90 Å². The van der Waals surface area contributed by atoms with Gasteiger partial charge in [0.2, 0.25) is 11.2 Å². The van der Waals surface area contributed by atoms with Gasteiger partial charge in [0.15, 0.2) is 11.9 Å². The van der Waals surface area contributed by atoms with E-state index in [1.54, 1.807) is 6.20 Å². The van der Waals surface area contributed by atoms with Crippen molar-refractivity contribution in [3.63, 3.8) is 0 Å². The molecule has 2 aromatic heterocycles. The van der Waals surface area contributed by atoms with Crippen molar-refractivity contribution in [2.75, 3.05) is 103 Å². The third-order valence-electron chi connectivity index (χ3n) is 10.5. The number of amides is 1. The zero-order chi connectivity index (χ0) is 41.1. The number of carbonyl (C=O) groups is 1. The maximum atomic E-state index is 13.5. The van der Waals surface area contributed by atoms with E-state index in [-0.39, 0.29) is 41.4 Å². The number of aromatic nitrogens is 4. The summed E-state index contributed by atoms with van der Waals surface area (Å²) in [6.07, 6.45) is 5.46. The number of aliphatic hydroxyl groups excluding tert-OH is 2. The Morgan fingerprint density at radius 2 is 1.72 bits per heavy atom. The number of piperidine rings is 1. The molecular weight excluding hydrogens is 805 g/mol. The Balaban J connectivity index is 0.905. The van der Waals surface area contributed by atoms with Gasteiger partial charge in [0, 0.05) is 38.0 Å². The van der Waals surface area contributed by atoms with Gasteiger partial charge in [-0.1, -0.05) is 11.1 Å². The molecule has 5 heterocycles. The lowest BCUT2D eigenvalue weighted by Gasteiger charge is -2.55. The zero-order valence-electron chi connectivity index (χ0n) is 32.3. The highest BCUT2D eigenvalue weighted by Crippen LogP contribution is 2.44. The van der Waals surface area contributed by atoms with Crippen LogP contribution < -0.4 is 4.90 Å². The van der Waals surface area contributed by atoms with E-state index in [2.05, 4.69) is 31.0 Å². The van der Waals surface area contributed by atoms with Crippen LogP contribution >= 0.6 is 19.2 Å². The van der Waals surface area contributed by atoms with Crippen molar-refractivity contribution in [1.29, 1.82) is 0 Å². The molecule has 2 aromatic rings. The van der Waals surface area contributed by atoms with Gasteiger partial charge in [0.1, 0.15) is 43.7 Å². The topological polar surface area (TPSA) is 242 Å². The van der Waals surface area contributed by atoms with Gasteiger partial charge in [0.25, 0.3) is 0 Å². The Hall–Kier alpha value is -3.03. The highest BCUT2D eigenvalue weighted by atomic mass is 35.5. The molecule has 1 saturated carbocycles. The second-order valence-corrected chi connectivity index (χ2v) is 17.0. The SMILES string of the molecule is C#CCOCCOCCOCCOCCO/N=C1\CCC(CC(=O)N2CCCC3(C2)CN(c2nc(Cl)nc4c2cnn4[C@@H]2O[C@H](COCP(=O)(O)O)[C@@H](O)[C@H]2O)C3)C1. The Kier molecular flexibility index (Phi) is 16.1. The van der Waals surface area contributed by atoms with E-state index in [4.69, 9.17) is 61.1 Å². The van der Waals surface area contributed by atoms with Crippen molar-refractivity contribution in [3.05, 3.63) is 11.5 Å². The lowest BCUT2D eigenvalue weighted by Crippen LogP contribution is -2.64. The minimum atomic E-state index is -4.43. The third-order valence-corrected chi connectivity index (χ3v) is 11.2. The van der Waals surface area contributed by atoms with Crippen LogP contribution in [0.5, 0.6) is 0 Å². The molecule has 1 amide bonds. The van der Waals surface area contributed by atoms with Gasteiger partial charge in [-0.15, -0.1) is 6.42 Å². The summed E-state index contributed by atoms with van der Waals surface area (Å²) < 4.78 is 44.8. The first-order chi connectivity index (χ1) is 27.9. The molecule has 0 bridgehead atoms. The molecule has 3 saturated heterocycles. The molecule has 322 valence electrons. The van der Waals surface area contributed by atoms with E-state index < -0.39 is 38.5 Å². The fourth-order valence-corrected chi connectivity index (χ4v) is 8.33. The highest BCUT2D eigenvalue weighted by molar-refractivity contribution is 7.51. The van der Waals surface area contributed by atoms with E-state index in [0.29, 0.717) is 90.1 Å². The van der Waals surface area contributed by atoms with E-state index >= 15 is 0 Å². The fraction of sp³-hybridized carbons (Fsp3) is 0.750. The maximum absolute atomic E-state index is 13.5. The quantitative estimate of drug-likeness (QED) is 0.0424. The third kappa shape index (κ3) is 12.0. The molecule has 3 aliphatic heterocycles. The summed E-state index contributed by atoms with van der Waals surface area (Å²) in [5, 5.41) is 30.6. The predicted molar refractivity (Wildman–Crippen MR) is 207 cm³/mol. The van der Waals surface area contributed by atoms with Gasteiger partial charge in [-0.25, -0.2) is 4.68 Å². The zero-order valence-corrected chi connectivity index (χ0v) is 34.0. The van der Waals surface area contributed by atoms with Crippen molar-refractivity contribution in [1.82, 2.24) is 24.6 Å².